The summed E-state index contributed by atoms with van der Waals surface area (Å²) in [5.74, 6) is 0. The van der Waals surface area contributed by atoms with Gasteiger partial charge in [-0.1, -0.05) is 28.9 Å². The number of hydrogen-bond donors (Lipinski definition) is 0. The lowest BCUT2D eigenvalue weighted by Gasteiger charge is -1.99. The van der Waals surface area contributed by atoms with Gasteiger partial charge in [-0.3, -0.25) is 0 Å². The van der Waals surface area contributed by atoms with Gasteiger partial charge in [-0.25, -0.2) is 0 Å². The van der Waals surface area contributed by atoms with Gasteiger partial charge in [0.15, 0.2) is 0 Å². The van der Waals surface area contributed by atoms with Gasteiger partial charge in [-0.2, -0.15) is 0 Å². The molecule has 54 valence electrons. The van der Waals surface area contributed by atoms with Crippen molar-refractivity contribution >= 4 is 38.5 Å². The maximum Gasteiger partial charge on any atom is 0.0217 e. The van der Waals surface area contributed by atoms with Gasteiger partial charge in [-0.15, -0.1) is 0 Å². The Morgan fingerprint density at radius 3 is 2.70 bits per heavy atom. The number of aryl methyl sites for hydroxylation is 1. The highest BCUT2D eigenvalue weighted by Gasteiger charge is 1.95. The van der Waals surface area contributed by atoms with Gasteiger partial charge in [0.25, 0.3) is 0 Å². The molecule has 0 aromatic heterocycles. The van der Waals surface area contributed by atoms with E-state index in [0.717, 1.165) is 6.42 Å². The highest BCUT2D eigenvalue weighted by Crippen LogP contribution is 2.19. The van der Waals surface area contributed by atoms with E-state index in [4.69, 9.17) is 0 Å². The lowest BCUT2D eigenvalue weighted by atomic mass is 10.2. The molecule has 0 aliphatic rings. The number of halogens is 2. The summed E-state index contributed by atoms with van der Waals surface area (Å²) in [4.78, 5) is 0. The zero-order chi connectivity index (χ0) is 7.56. The molecule has 0 aliphatic heterocycles. The summed E-state index contributed by atoms with van der Waals surface area (Å²) in [6, 6.07) is 6.43. The van der Waals surface area contributed by atoms with E-state index in [1.54, 1.807) is 0 Å². The van der Waals surface area contributed by atoms with Crippen molar-refractivity contribution in [2.45, 2.75) is 13.3 Å². The summed E-state index contributed by atoms with van der Waals surface area (Å²) in [6.07, 6.45) is 1.09. The molecule has 10 heavy (non-hydrogen) atoms. The van der Waals surface area contributed by atoms with E-state index in [1.807, 2.05) is 0 Å². The minimum Gasteiger partial charge on any atom is -0.0613 e. The van der Waals surface area contributed by atoms with Crippen LogP contribution >= 0.6 is 38.5 Å². The Balaban J connectivity index is 3.07. The quantitative estimate of drug-likeness (QED) is 0.695. The second-order valence-electron chi connectivity index (χ2n) is 2.09. The second-order valence-corrected chi connectivity index (χ2v) is 4.19. The molecule has 0 atom stereocenters. The van der Waals surface area contributed by atoms with Crippen LogP contribution in [0, 0.1) is 3.57 Å². The molecule has 0 nitrogen and oxygen atoms in total. The van der Waals surface area contributed by atoms with Gasteiger partial charge in [0.2, 0.25) is 0 Å². The van der Waals surface area contributed by atoms with Crippen LogP contribution in [0.15, 0.2) is 22.7 Å². The standard InChI is InChI=1S/C8H8BrI/c1-2-6-3-4-7(10)5-8(6)9/h3-5H,2H2,1H3. The first-order valence-electron chi connectivity index (χ1n) is 3.18. The average Bonchev–Trinajstić information content (AvgIpc) is 1.88. The van der Waals surface area contributed by atoms with Gasteiger partial charge < -0.3 is 0 Å². The smallest absolute Gasteiger partial charge is 0.0217 e. The molecular weight excluding hydrogens is 303 g/mol. The van der Waals surface area contributed by atoms with Crippen molar-refractivity contribution < 1.29 is 0 Å². The lowest BCUT2D eigenvalue weighted by molar-refractivity contribution is 1.12. The minimum atomic E-state index is 1.09. The molecule has 0 heterocycles. The van der Waals surface area contributed by atoms with Crippen LogP contribution in [0.25, 0.3) is 0 Å². The number of rotatable bonds is 1. The van der Waals surface area contributed by atoms with Gasteiger partial charge in [0.1, 0.15) is 0 Å². The molecule has 0 N–H and O–H groups in total. The molecule has 0 radical (unpaired) electrons. The zero-order valence-electron chi connectivity index (χ0n) is 5.70. The number of hydrogen-bond acceptors (Lipinski definition) is 0. The summed E-state index contributed by atoms with van der Waals surface area (Å²) < 4.78 is 2.50. The summed E-state index contributed by atoms with van der Waals surface area (Å²) in [7, 11) is 0. The molecule has 1 aromatic carbocycles. The van der Waals surface area contributed by atoms with E-state index in [0.29, 0.717) is 0 Å². The molecule has 1 aromatic rings. The summed E-state index contributed by atoms with van der Waals surface area (Å²) >= 11 is 5.81. The first kappa shape index (κ1) is 8.53. The van der Waals surface area contributed by atoms with E-state index in [2.05, 4.69) is 63.6 Å². The van der Waals surface area contributed by atoms with Crippen molar-refractivity contribution in [1.29, 1.82) is 0 Å². The Hall–Kier alpha value is 0.430. The van der Waals surface area contributed by atoms with E-state index >= 15 is 0 Å². The topological polar surface area (TPSA) is 0 Å². The Morgan fingerprint density at radius 1 is 1.50 bits per heavy atom. The van der Waals surface area contributed by atoms with Crippen LogP contribution in [0.4, 0.5) is 0 Å². The molecule has 1 rings (SSSR count). The molecule has 0 amide bonds. The highest BCUT2D eigenvalue weighted by atomic mass is 127. The van der Waals surface area contributed by atoms with E-state index in [1.165, 1.54) is 13.6 Å². The molecule has 2 heteroatoms. The van der Waals surface area contributed by atoms with Crippen molar-refractivity contribution in [3.8, 4) is 0 Å². The Morgan fingerprint density at radius 2 is 2.20 bits per heavy atom. The maximum absolute atomic E-state index is 3.50. The van der Waals surface area contributed by atoms with Crippen LogP contribution in [0.3, 0.4) is 0 Å². The van der Waals surface area contributed by atoms with Crippen LogP contribution in [-0.2, 0) is 6.42 Å². The lowest BCUT2D eigenvalue weighted by Crippen LogP contribution is -1.82. The molecular formula is C8H8BrI. The molecule has 0 saturated heterocycles. The van der Waals surface area contributed by atoms with Crippen molar-refractivity contribution in [3.63, 3.8) is 0 Å². The van der Waals surface area contributed by atoms with Crippen LogP contribution in [0.5, 0.6) is 0 Å². The maximum atomic E-state index is 3.50. The fraction of sp³-hybridized carbons (Fsp3) is 0.250. The van der Waals surface area contributed by atoms with E-state index < -0.39 is 0 Å². The Labute approximate surface area is 83.3 Å². The van der Waals surface area contributed by atoms with Crippen LogP contribution in [0.2, 0.25) is 0 Å². The summed E-state index contributed by atoms with van der Waals surface area (Å²) in [5, 5.41) is 0. The molecule has 0 bridgehead atoms. The molecule has 0 spiro atoms. The van der Waals surface area contributed by atoms with Gasteiger partial charge in [0.05, 0.1) is 0 Å². The van der Waals surface area contributed by atoms with Crippen molar-refractivity contribution in [3.05, 3.63) is 31.8 Å². The van der Waals surface area contributed by atoms with Gasteiger partial charge >= 0.3 is 0 Å². The molecule has 0 saturated carbocycles. The predicted molar refractivity (Wildman–Crippen MR) is 56.2 cm³/mol. The molecule has 0 unspecified atom stereocenters. The second kappa shape index (κ2) is 3.72. The normalized spacial score (nSPS) is 9.90. The monoisotopic (exact) mass is 310 g/mol. The fourth-order valence-electron chi connectivity index (χ4n) is 0.808. The largest absolute Gasteiger partial charge is 0.0613 e. The number of benzene rings is 1. The first-order chi connectivity index (χ1) is 4.74. The average molecular weight is 311 g/mol. The third-order valence-electron chi connectivity index (χ3n) is 1.40. The predicted octanol–water partition coefficient (Wildman–Crippen LogP) is 3.62. The van der Waals surface area contributed by atoms with Gasteiger partial charge in [0, 0.05) is 8.04 Å². The third-order valence-corrected chi connectivity index (χ3v) is 2.81. The molecule has 0 aliphatic carbocycles. The molecule has 0 fully saturated rings. The van der Waals surface area contributed by atoms with Crippen LogP contribution in [0.1, 0.15) is 12.5 Å². The summed E-state index contributed by atoms with van der Waals surface area (Å²) in [6.45, 7) is 2.16. The van der Waals surface area contributed by atoms with E-state index in [-0.39, 0.29) is 0 Å². The Kier molecular flexibility index (Phi) is 3.17. The first-order valence-corrected chi connectivity index (χ1v) is 5.05. The van der Waals surface area contributed by atoms with Crippen LogP contribution < -0.4 is 0 Å². The van der Waals surface area contributed by atoms with Crippen LogP contribution in [-0.4, -0.2) is 0 Å². The van der Waals surface area contributed by atoms with Crippen molar-refractivity contribution in [1.82, 2.24) is 0 Å². The van der Waals surface area contributed by atoms with Gasteiger partial charge in [-0.05, 0) is 46.7 Å². The van der Waals surface area contributed by atoms with E-state index in [9.17, 15) is 0 Å². The zero-order valence-corrected chi connectivity index (χ0v) is 9.44. The highest BCUT2D eigenvalue weighted by molar-refractivity contribution is 14.1. The fourth-order valence-corrected chi connectivity index (χ4v) is 2.39. The summed E-state index contributed by atoms with van der Waals surface area (Å²) in [5.41, 5.74) is 1.38. The van der Waals surface area contributed by atoms with Crippen molar-refractivity contribution in [2.24, 2.45) is 0 Å². The minimum absolute atomic E-state index is 1.09. The SMILES string of the molecule is CCc1ccc(I)cc1Br. The Bertz CT molecular complexity index is 233. The van der Waals surface area contributed by atoms with Crippen molar-refractivity contribution in [2.75, 3.05) is 0 Å². The third kappa shape index (κ3) is 1.95.